The minimum absolute atomic E-state index is 0.0143. The Kier molecular flexibility index (Phi) is 7.88. The molecule has 5 nitrogen and oxygen atoms in total. The second kappa shape index (κ2) is 10.3. The zero-order valence-electron chi connectivity index (χ0n) is 19.0. The molecule has 2 atom stereocenters. The Balaban J connectivity index is 2.10. The third-order valence-corrected chi connectivity index (χ3v) is 6.26. The van der Waals surface area contributed by atoms with Crippen LogP contribution in [0.2, 0.25) is 10.0 Å². The van der Waals surface area contributed by atoms with E-state index in [0.717, 1.165) is 12.8 Å². The number of carboxylic acid groups (broad SMARTS) is 1. The van der Waals surface area contributed by atoms with Crippen molar-refractivity contribution in [2.45, 2.75) is 45.8 Å². The van der Waals surface area contributed by atoms with E-state index in [-0.39, 0.29) is 5.57 Å². The highest BCUT2D eigenvalue weighted by Gasteiger charge is 2.37. The van der Waals surface area contributed by atoms with Crippen LogP contribution in [-0.2, 0) is 9.59 Å². The first-order valence-corrected chi connectivity index (χ1v) is 11.7. The Morgan fingerprint density at radius 1 is 1.06 bits per heavy atom. The highest BCUT2D eigenvalue weighted by Crippen LogP contribution is 2.40. The van der Waals surface area contributed by atoms with Crippen molar-refractivity contribution in [1.29, 1.82) is 0 Å². The van der Waals surface area contributed by atoms with E-state index >= 15 is 0 Å². The number of hydrogen-bond acceptors (Lipinski definition) is 3. The summed E-state index contributed by atoms with van der Waals surface area (Å²) >= 11 is 12.3. The van der Waals surface area contributed by atoms with Gasteiger partial charge in [0.25, 0.3) is 0 Å². The second-order valence-corrected chi connectivity index (χ2v) is 10.4. The summed E-state index contributed by atoms with van der Waals surface area (Å²) in [6.07, 6.45) is 2.08. The van der Waals surface area contributed by atoms with Gasteiger partial charge >= 0.3 is 5.97 Å². The quantitative estimate of drug-likeness (QED) is 0.441. The number of rotatable bonds is 8. The summed E-state index contributed by atoms with van der Waals surface area (Å²) in [6.45, 7) is 5.67. The van der Waals surface area contributed by atoms with Crippen molar-refractivity contribution in [1.82, 2.24) is 4.90 Å². The molecule has 3 rings (SSSR count). The molecule has 0 spiro atoms. The van der Waals surface area contributed by atoms with E-state index in [9.17, 15) is 19.8 Å². The van der Waals surface area contributed by atoms with Gasteiger partial charge in [-0.1, -0.05) is 68.2 Å². The van der Waals surface area contributed by atoms with Gasteiger partial charge in [-0.15, -0.1) is 0 Å². The monoisotopic (exact) mass is 489 g/mol. The molecule has 0 radical (unpaired) electrons. The lowest BCUT2D eigenvalue weighted by molar-refractivity contribution is -0.135. The molecule has 0 aromatic heterocycles. The summed E-state index contributed by atoms with van der Waals surface area (Å²) in [4.78, 5) is 27.1. The predicted molar refractivity (Wildman–Crippen MR) is 130 cm³/mol. The maximum absolute atomic E-state index is 13.6. The minimum Gasteiger partial charge on any atom is -0.478 e. The molecule has 2 aromatic carbocycles. The molecule has 1 amide bonds. The van der Waals surface area contributed by atoms with Crippen molar-refractivity contribution in [2.75, 3.05) is 6.54 Å². The number of aliphatic hydroxyl groups is 1. The largest absolute Gasteiger partial charge is 0.478 e. The maximum atomic E-state index is 13.6. The van der Waals surface area contributed by atoms with Crippen molar-refractivity contribution in [3.8, 4) is 0 Å². The van der Waals surface area contributed by atoms with Crippen LogP contribution in [0.1, 0.15) is 56.9 Å². The van der Waals surface area contributed by atoms with Crippen molar-refractivity contribution in [2.24, 2.45) is 11.3 Å². The van der Waals surface area contributed by atoms with Crippen LogP contribution in [0, 0.1) is 11.3 Å². The molecule has 1 saturated carbocycles. The zero-order chi connectivity index (χ0) is 24.3. The number of carboxylic acids is 1. The smallest absolute Gasteiger partial charge is 0.332 e. The molecule has 0 aliphatic heterocycles. The van der Waals surface area contributed by atoms with Crippen molar-refractivity contribution in [3.05, 3.63) is 81.4 Å². The zero-order valence-corrected chi connectivity index (χ0v) is 20.5. The van der Waals surface area contributed by atoms with Crippen LogP contribution in [0.15, 0.2) is 60.2 Å². The topological polar surface area (TPSA) is 77.8 Å². The summed E-state index contributed by atoms with van der Waals surface area (Å²) in [7, 11) is 0. The van der Waals surface area contributed by atoms with E-state index in [0.29, 0.717) is 33.6 Å². The van der Waals surface area contributed by atoms with Gasteiger partial charge in [0, 0.05) is 28.2 Å². The molecule has 0 saturated heterocycles. The Hall–Kier alpha value is -2.34. The Bertz CT molecular complexity index is 1040. The van der Waals surface area contributed by atoms with E-state index < -0.39 is 29.4 Å². The van der Waals surface area contributed by atoms with Crippen LogP contribution in [0.25, 0.3) is 0 Å². The molecule has 0 heterocycles. The highest BCUT2D eigenvalue weighted by molar-refractivity contribution is 6.30. The van der Waals surface area contributed by atoms with Gasteiger partial charge in [-0.3, -0.25) is 4.79 Å². The number of aliphatic carboxylic acids is 1. The first-order chi connectivity index (χ1) is 15.5. The summed E-state index contributed by atoms with van der Waals surface area (Å²) in [5, 5.41) is 22.2. The third-order valence-electron chi connectivity index (χ3n) is 5.78. The SMILES string of the molecule is CC(C)(C)/C(=C\C(=O)N(CC1CC1)[C@H](c1ccc(Cl)cc1)[C@H](O)c1cccc(Cl)c1)C(=O)O. The van der Waals surface area contributed by atoms with Crippen molar-refractivity contribution in [3.63, 3.8) is 0 Å². The fourth-order valence-corrected chi connectivity index (χ4v) is 4.11. The summed E-state index contributed by atoms with van der Waals surface area (Å²) in [5.41, 5.74) is 0.547. The van der Waals surface area contributed by atoms with Gasteiger partial charge in [0.2, 0.25) is 5.91 Å². The molecule has 1 aliphatic carbocycles. The van der Waals surface area contributed by atoms with Gasteiger partial charge in [-0.2, -0.15) is 0 Å². The van der Waals surface area contributed by atoms with Crippen LogP contribution in [0.4, 0.5) is 0 Å². The van der Waals surface area contributed by atoms with E-state index in [1.807, 2.05) is 0 Å². The molecule has 2 aromatic rings. The fourth-order valence-electron chi connectivity index (χ4n) is 3.79. The maximum Gasteiger partial charge on any atom is 0.332 e. The fraction of sp³-hybridized carbons (Fsp3) is 0.385. The number of aliphatic hydroxyl groups excluding tert-OH is 1. The standard InChI is InChI=1S/C26H29Cl2NO4/c1-26(2,3)21(25(32)33)14-22(30)29(15-16-7-8-16)23(17-9-11-19(27)12-10-17)24(31)18-5-4-6-20(28)13-18/h4-6,9-14,16,23-24,31H,7-8,15H2,1-3H3,(H,32,33)/b21-14-/t23-,24-/m1/s1. The Labute approximate surface area is 204 Å². The Morgan fingerprint density at radius 2 is 1.70 bits per heavy atom. The van der Waals surface area contributed by atoms with Gasteiger partial charge in [0.15, 0.2) is 0 Å². The first kappa shape index (κ1) is 25.3. The predicted octanol–water partition coefficient (Wildman–Crippen LogP) is 6.06. The lowest BCUT2D eigenvalue weighted by Gasteiger charge is -2.36. The molecule has 0 unspecified atom stereocenters. The van der Waals surface area contributed by atoms with E-state index in [4.69, 9.17) is 23.2 Å². The molecule has 1 aliphatic rings. The number of carbonyl (C=O) groups excluding carboxylic acids is 1. The van der Waals surface area contributed by atoms with Crippen molar-refractivity contribution >= 4 is 35.1 Å². The summed E-state index contributed by atoms with van der Waals surface area (Å²) < 4.78 is 0. The number of benzene rings is 2. The van der Waals surface area contributed by atoms with E-state index in [1.165, 1.54) is 6.08 Å². The molecule has 176 valence electrons. The van der Waals surface area contributed by atoms with Gasteiger partial charge in [0.05, 0.1) is 6.04 Å². The molecule has 0 bridgehead atoms. The highest BCUT2D eigenvalue weighted by atomic mass is 35.5. The molecule has 2 N–H and O–H groups in total. The average molecular weight is 490 g/mol. The molecule has 7 heteroatoms. The summed E-state index contributed by atoms with van der Waals surface area (Å²) in [6, 6.07) is 13.1. The number of carbonyl (C=O) groups is 2. The summed E-state index contributed by atoms with van der Waals surface area (Å²) in [5.74, 6) is -1.28. The lowest BCUT2D eigenvalue weighted by Crippen LogP contribution is -2.39. The molecular weight excluding hydrogens is 461 g/mol. The van der Waals surface area contributed by atoms with Gasteiger partial charge in [0.1, 0.15) is 6.10 Å². The third kappa shape index (κ3) is 6.59. The van der Waals surface area contributed by atoms with Crippen LogP contribution < -0.4 is 0 Å². The second-order valence-electron chi connectivity index (χ2n) is 9.54. The lowest BCUT2D eigenvalue weighted by atomic mass is 9.86. The Morgan fingerprint density at radius 3 is 2.21 bits per heavy atom. The first-order valence-electron chi connectivity index (χ1n) is 10.9. The average Bonchev–Trinajstić information content (AvgIpc) is 3.55. The van der Waals surface area contributed by atoms with Crippen LogP contribution in [0.5, 0.6) is 0 Å². The number of halogens is 2. The van der Waals surface area contributed by atoms with Gasteiger partial charge < -0.3 is 15.1 Å². The van der Waals surface area contributed by atoms with E-state index in [2.05, 4.69) is 0 Å². The van der Waals surface area contributed by atoms with Gasteiger partial charge in [-0.05, 0) is 59.6 Å². The van der Waals surface area contributed by atoms with Crippen LogP contribution in [-0.4, -0.2) is 33.5 Å². The number of hydrogen-bond donors (Lipinski definition) is 2. The van der Waals surface area contributed by atoms with Gasteiger partial charge in [-0.25, -0.2) is 4.79 Å². The molecule has 1 fully saturated rings. The van der Waals surface area contributed by atoms with Crippen LogP contribution in [0.3, 0.4) is 0 Å². The number of nitrogens with zero attached hydrogens (tertiary/aromatic N) is 1. The number of amides is 1. The molecule has 33 heavy (non-hydrogen) atoms. The minimum atomic E-state index is -1.14. The molecular formula is C26H29Cl2NO4. The van der Waals surface area contributed by atoms with E-state index in [1.54, 1.807) is 74.2 Å². The van der Waals surface area contributed by atoms with Crippen LogP contribution >= 0.6 is 23.2 Å². The normalized spacial score (nSPS) is 16.2. The van der Waals surface area contributed by atoms with Crippen molar-refractivity contribution < 1.29 is 19.8 Å².